The van der Waals surface area contributed by atoms with Gasteiger partial charge in [-0.25, -0.2) is 14.4 Å². The van der Waals surface area contributed by atoms with Gasteiger partial charge in [-0.1, -0.05) is 13.8 Å². The van der Waals surface area contributed by atoms with Gasteiger partial charge in [0.2, 0.25) is 5.95 Å². The Morgan fingerprint density at radius 3 is 2.47 bits per heavy atom. The Labute approximate surface area is 89.1 Å². The van der Waals surface area contributed by atoms with Crippen LogP contribution in [0.15, 0.2) is 12.4 Å². The van der Waals surface area contributed by atoms with Crippen molar-refractivity contribution in [2.75, 3.05) is 11.9 Å². The lowest BCUT2D eigenvalue weighted by Crippen LogP contribution is -2.31. The molecule has 0 aliphatic carbocycles. The fourth-order valence-corrected chi connectivity index (χ4v) is 1.35. The second-order valence-corrected chi connectivity index (χ2v) is 3.93. The van der Waals surface area contributed by atoms with E-state index in [0.717, 1.165) is 18.8 Å². The van der Waals surface area contributed by atoms with Crippen LogP contribution in [0.25, 0.3) is 0 Å². The minimum atomic E-state index is -0.436. The summed E-state index contributed by atoms with van der Waals surface area (Å²) >= 11 is 0. The van der Waals surface area contributed by atoms with Crippen molar-refractivity contribution in [2.45, 2.75) is 26.3 Å². The number of aromatic nitrogens is 2. The Morgan fingerprint density at radius 2 is 2.00 bits per heavy atom. The molecule has 0 saturated heterocycles. The average molecular weight is 212 g/mol. The van der Waals surface area contributed by atoms with Crippen molar-refractivity contribution in [1.82, 2.24) is 9.97 Å². The molecule has 3 N–H and O–H groups in total. The van der Waals surface area contributed by atoms with Crippen LogP contribution in [0.3, 0.4) is 0 Å². The summed E-state index contributed by atoms with van der Waals surface area (Å²) in [6, 6.07) is 0.135. The van der Waals surface area contributed by atoms with E-state index in [0.29, 0.717) is 18.4 Å². The maximum Gasteiger partial charge on any atom is 0.223 e. The van der Waals surface area contributed by atoms with Gasteiger partial charge in [0, 0.05) is 12.6 Å². The van der Waals surface area contributed by atoms with Crippen LogP contribution in [0.4, 0.5) is 10.3 Å². The molecule has 0 aromatic carbocycles. The van der Waals surface area contributed by atoms with Crippen molar-refractivity contribution in [2.24, 2.45) is 11.7 Å². The van der Waals surface area contributed by atoms with Gasteiger partial charge in [0.1, 0.15) is 0 Å². The van der Waals surface area contributed by atoms with Crippen molar-refractivity contribution >= 4 is 5.95 Å². The highest BCUT2D eigenvalue weighted by molar-refractivity contribution is 5.24. The van der Waals surface area contributed by atoms with Crippen molar-refractivity contribution in [3.05, 3.63) is 18.2 Å². The molecule has 1 aromatic rings. The summed E-state index contributed by atoms with van der Waals surface area (Å²) in [4.78, 5) is 7.64. The van der Waals surface area contributed by atoms with Crippen LogP contribution in [0.5, 0.6) is 0 Å². The third kappa shape index (κ3) is 4.20. The molecule has 1 aromatic heterocycles. The van der Waals surface area contributed by atoms with E-state index in [1.54, 1.807) is 0 Å². The Morgan fingerprint density at radius 1 is 1.40 bits per heavy atom. The summed E-state index contributed by atoms with van der Waals surface area (Å²) in [7, 11) is 0. The number of anilines is 1. The smallest absolute Gasteiger partial charge is 0.223 e. The molecule has 5 heteroatoms. The van der Waals surface area contributed by atoms with E-state index < -0.39 is 5.82 Å². The summed E-state index contributed by atoms with van der Waals surface area (Å²) in [5, 5.41) is 3.07. The zero-order valence-electron chi connectivity index (χ0n) is 9.07. The Kier molecular flexibility index (Phi) is 4.42. The second-order valence-electron chi connectivity index (χ2n) is 3.93. The van der Waals surface area contributed by atoms with Gasteiger partial charge >= 0.3 is 0 Å². The fourth-order valence-electron chi connectivity index (χ4n) is 1.35. The van der Waals surface area contributed by atoms with Gasteiger partial charge in [-0.05, 0) is 12.3 Å². The maximum absolute atomic E-state index is 12.5. The minimum Gasteiger partial charge on any atom is -0.350 e. The zero-order chi connectivity index (χ0) is 11.3. The molecule has 0 fully saturated rings. The fraction of sp³-hybridized carbons (Fsp3) is 0.600. The minimum absolute atomic E-state index is 0.135. The monoisotopic (exact) mass is 212 g/mol. The number of hydrogen-bond donors (Lipinski definition) is 2. The van der Waals surface area contributed by atoms with Gasteiger partial charge in [-0.15, -0.1) is 0 Å². The van der Waals surface area contributed by atoms with Crippen LogP contribution in [0.2, 0.25) is 0 Å². The Balaban J connectivity index is 2.54. The van der Waals surface area contributed by atoms with Crippen molar-refractivity contribution < 1.29 is 4.39 Å². The predicted molar refractivity (Wildman–Crippen MR) is 57.9 cm³/mol. The van der Waals surface area contributed by atoms with Gasteiger partial charge in [-0.3, -0.25) is 0 Å². The van der Waals surface area contributed by atoms with Crippen LogP contribution >= 0.6 is 0 Å². The van der Waals surface area contributed by atoms with E-state index >= 15 is 0 Å². The van der Waals surface area contributed by atoms with Gasteiger partial charge in [0.05, 0.1) is 12.4 Å². The van der Waals surface area contributed by atoms with Gasteiger partial charge in [-0.2, -0.15) is 0 Å². The molecule has 0 aliphatic heterocycles. The van der Waals surface area contributed by atoms with Crippen molar-refractivity contribution in [3.8, 4) is 0 Å². The third-order valence-electron chi connectivity index (χ3n) is 1.99. The van der Waals surface area contributed by atoms with Crippen molar-refractivity contribution in [3.63, 3.8) is 0 Å². The molecule has 0 saturated carbocycles. The van der Waals surface area contributed by atoms with E-state index in [-0.39, 0.29) is 6.04 Å². The molecule has 15 heavy (non-hydrogen) atoms. The molecule has 0 amide bonds. The first-order valence-corrected chi connectivity index (χ1v) is 5.06. The van der Waals surface area contributed by atoms with Crippen LogP contribution in [0.1, 0.15) is 20.3 Å². The highest BCUT2D eigenvalue weighted by atomic mass is 19.1. The van der Waals surface area contributed by atoms with Crippen molar-refractivity contribution in [1.29, 1.82) is 0 Å². The molecule has 1 heterocycles. The molecule has 1 atom stereocenters. The molecule has 0 spiro atoms. The lowest BCUT2D eigenvalue weighted by atomic mass is 10.0. The number of nitrogens with one attached hydrogen (secondary N) is 1. The highest BCUT2D eigenvalue weighted by Gasteiger charge is 2.09. The molecule has 4 nitrogen and oxygen atoms in total. The summed E-state index contributed by atoms with van der Waals surface area (Å²) in [6.45, 7) is 4.75. The molecule has 84 valence electrons. The predicted octanol–water partition coefficient (Wildman–Crippen LogP) is 1.40. The normalized spacial score (nSPS) is 12.9. The Hall–Kier alpha value is -1.23. The molecule has 0 radical (unpaired) electrons. The topological polar surface area (TPSA) is 63.8 Å². The van der Waals surface area contributed by atoms with E-state index in [2.05, 4.69) is 29.1 Å². The number of nitrogens with zero attached hydrogens (tertiary/aromatic N) is 2. The van der Waals surface area contributed by atoms with Gasteiger partial charge in [0.15, 0.2) is 5.82 Å². The second kappa shape index (κ2) is 5.60. The number of nitrogens with two attached hydrogens (primary N) is 1. The van der Waals surface area contributed by atoms with E-state index in [9.17, 15) is 4.39 Å². The largest absolute Gasteiger partial charge is 0.350 e. The quantitative estimate of drug-likeness (QED) is 0.774. The van der Waals surface area contributed by atoms with Gasteiger partial charge in [0.25, 0.3) is 0 Å². The highest BCUT2D eigenvalue weighted by Crippen LogP contribution is 2.08. The first kappa shape index (κ1) is 11.8. The zero-order valence-corrected chi connectivity index (χ0v) is 9.07. The molecule has 0 bridgehead atoms. The maximum atomic E-state index is 12.5. The summed E-state index contributed by atoms with van der Waals surface area (Å²) in [5.74, 6) is 0.535. The third-order valence-corrected chi connectivity index (χ3v) is 1.99. The first-order chi connectivity index (χ1) is 7.11. The van der Waals surface area contributed by atoms with Crippen LogP contribution in [-0.4, -0.2) is 22.6 Å². The average Bonchev–Trinajstić information content (AvgIpc) is 2.19. The SMILES string of the molecule is CC(C)CC(CN)Nc1ncc(F)cn1. The first-order valence-electron chi connectivity index (χ1n) is 5.06. The van der Waals surface area contributed by atoms with Gasteiger partial charge < -0.3 is 11.1 Å². The molecular formula is C10H17FN4. The van der Waals surface area contributed by atoms with Crippen LogP contribution < -0.4 is 11.1 Å². The lowest BCUT2D eigenvalue weighted by molar-refractivity contribution is 0.519. The van der Waals surface area contributed by atoms with Crippen LogP contribution in [-0.2, 0) is 0 Å². The lowest BCUT2D eigenvalue weighted by Gasteiger charge is -2.18. The molecular weight excluding hydrogens is 195 g/mol. The summed E-state index contributed by atoms with van der Waals surface area (Å²) in [5.41, 5.74) is 5.61. The number of hydrogen-bond acceptors (Lipinski definition) is 4. The van der Waals surface area contributed by atoms with E-state index in [1.807, 2.05) is 0 Å². The molecule has 1 rings (SSSR count). The number of rotatable bonds is 5. The molecule has 1 unspecified atom stereocenters. The Bertz CT molecular complexity index is 286. The van der Waals surface area contributed by atoms with E-state index in [1.165, 1.54) is 0 Å². The summed E-state index contributed by atoms with van der Waals surface area (Å²) < 4.78 is 12.5. The van der Waals surface area contributed by atoms with E-state index in [4.69, 9.17) is 5.73 Å². The molecule has 0 aliphatic rings. The van der Waals surface area contributed by atoms with Crippen LogP contribution in [0, 0.1) is 11.7 Å². The standard InChI is InChI=1S/C10H17FN4/c1-7(2)3-9(4-12)15-10-13-5-8(11)6-14-10/h5-7,9H,3-4,12H2,1-2H3,(H,13,14,15). The number of halogens is 1. The summed E-state index contributed by atoms with van der Waals surface area (Å²) in [6.07, 6.45) is 3.22.